The van der Waals surface area contributed by atoms with E-state index in [4.69, 9.17) is 9.47 Å². The molecule has 5 heteroatoms. The number of benzene rings is 2. The van der Waals surface area contributed by atoms with Gasteiger partial charge in [0.25, 0.3) is 0 Å². The first kappa shape index (κ1) is 16.3. The minimum Gasteiger partial charge on any atom is -0.507 e. The van der Waals surface area contributed by atoms with Crippen LogP contribution in [0.25, 0.3) is 6.08 Å². The first-order valence-electron chi connectivity index (χ1n) is 6.53. The number of hydrogen-bond donors (Lipinski definition) is 1. The number of phenols is 1. The molecule has 1 N–H and O–H groups in total. The van der Waals surface area contributed by atoms with E-state index in [0.29, 0.717) is 0 Å². The Balaban J connectivity index is 2.23. The van der Waals surface area contributed by atoms with E-state index in [1.54, 1.807) is 18.2 Å². The highest BCUT2D eigenvalue weighted by Crippen LogP contribution is 2.28. The lowest BCUT2D eigenvalue weighted by atomic mass is 10.1. The van der Waals surface area contributed by atoms with Crippen LogP contribution in [0.15, 0.2) is 53.0 Å². The molecule has 0 aliphatic heterocycles. The van der Waals surface area contributed by atoms with Gasteiger partial charge in [0.15, 0.2) is 12.6 Å². The van der Waals surface area contributed by atoms with Gasteiger partial charge in [-0.2, -0.15) is 0 Å². The van der Waals surface area contributed by atoms with Crippen molar-refractivity contribution in [2.75, 3.05) is 13.9 Å². The van der Waals surface area contributed by atoms with Gasteiger partial charge in [0.2, 0.25) is 0 Å². The van der Waals surface area contributed by atoms with Crippen LogP contribution in [0.1, 0.15) is 15.9 Å². The molecule has 0 heterocycles. The van der Waals surface area contributed by atoms with E-state index in [1.165, 1.54) is 19.3 Å². The fraction of sp³-hybridized carbons (Fsp3) is 0.118. The molecule has 114 valence electrons. The van der Waals surface area contributed by atoms with Crippen LogP contribution in [0.3, 0.4) is 0 Å². The Morgan fingerprint density at radius 3 is 2.64 bits per heavy atom. The summed E-state index contributed by atoms with van der Waals surface area (Å²) in [5, 5.41) is 9.91. The van der Waals surface area contributed by atoms with Crippen molar-refractivity contribution >= 4 is 27.8 Å². The zero-order chi connectivity index (χ0) is 15.9. The standard InChI is InChI=1S/C17H15BrO4/c1-21-11-22-16-4-2-3-14(19)17(16)15(20)10-7-12-5-8-13(18)9-6-12/h2-10,19H,11H2,1H3/b10-7+. The summed E-state index contributed by atoms with van der Waals surface area (Å²) in [4.78, 5) is 12.3. The third kappa shape index (κ3) is 4.19. The number of ether oxygens (including phenoxy) is 2. The van der Waals surface area contributed by atoms with Gasteiger partial charge >= 0.3 is 0 Å². The lowest BCUT2D eigenvalue weighted by Gasteiger charge is -2.10. The Morgan fingerprint density at radius 2 is 1.95 bits per heavy atom. The van der Waals surface area contributed by atoms with Gasteiger partial charge in [-0.3, -0.25) is 4.79 Å². The largest absolute Gasteiger partial charge is 0.507 e. The lowest BCUT2D eigenvalue weighted by Crippen LogP contribution is -2.05. The summed E-state index contributed by atoms with van der Waals surface area (Å²) >= 11 is 3.35. The molecule has 2 aromatic rings. The molecule has 0 unspecified atom stereocenters. The summed E-state index contributed by atoms with van der Waals surface area (Å²) in [6, 6.07) is 12.2. The normalized spacial score (nSPS) is 10.8. The molecule has 0 aliphatic rings. The van der Waals surface area contributed by atoms with Crippen molar-refractivity contribution < 1.29 is 19.4 Å². The highest BCUT2D eigenvalue weighted by molar-refractivity contribution is 9.10. The van der Waals surface area contributed by atoms with E-state index >= 15 is 0 Å². The fourth-order valence-electron chi connectivity index (χ4n) is 1.84. The average molecular weight is 363 g/mol. The molecule has 2 aromatic carbocycles. The van der Waals surface area contributed by atoms with Gasteiger partial charge < -0.3 is 14.6 Å². The van der Waals surface area contributed by atoms with E-state index in [0.717, 1.165) is 10.0 Å². The molecule has 0 fully saturated rings. The third-order valence-electron chi connectivity index (χ3n) is 2.88. The molecular formula is C17H15BrO4. The smallest absolute Gasteiger partial charge is 0.193 e. The highest BCUT2D eigenvalue weighted by Gasteiger charge is 2.15. The lowest BCUT2D eigenvalue weighted by molar-refractivity contribution is 0.0502. The summed E-state index contributed by atoms with van der Waals surface area (Å²) in [5.74, 6) is -0.182. The van der Waals surface area contributed by atoms with E-state index < -0.39 is 0 Å². The van der Waals surface area contributed by atoms with Crippen LogP contribution in [0.2, 0.25) is 0 Å². The van der Waals surface area contributed by atoms with Gasteiger partial charge in [-0.05, 0) is 35.9 Å². The first-order valence-corrected chi connectivity index (χ1v) is 7.33. The molecule has 0 aromatic heterocycles. The number of carbonyl (C=O) groups excluding carboxylic acids is 1. The molecule has 0 aliphatic carbocycles. The van der Waals surface area contributed by atoms with E-state index in [2.05, 4.69) is 15.9 Å². The van der Waals surface area contributed by atoms with E-state index in [-0.39, 0.29) is 29.6 Å². The monoisotopic (exact) mass is 362 g/mol. The van der Waals surface area contributed by atoms with Crippen molar-refractivity contribution in [3.8, 4) is 11.5 Å². The molecule has 0 bridgehead atoms. The fourth-order valence-corrected chi connectivity index (χ4v) is 2.10. The average Bonchev–Trinajstić information content (AvgIpc) is 2.52. The first-order chi connectivity index (χ1) is 10.6. The second-order valence-corrected chi connectivity index (χ2v) is 5.37. The van der Waals surface area contributed by atoms with Gasteiger partial charge in [0.1, 0.15) is 17.1 Å². The summed E-state index contributed by atoms with van der Waals surface area (Å²) in [5.41, 5.74) is 0.999. The minimum atomic E-state index is -0.341. The Labute approximate surface area is 137 Å². The summed E-state index contributed by atoms with van der Waals surface area (Å²) in [6.45, 7) is 0.000158. The van der Waals surface area contributed by atoms with Crippen LogP contribution in [-0.4, -0.2) is 24.8 Å². The maximum absolute atomic E-state index is 12.3. The number of methoxy groups -OCH3 is 1. The molecule has 0 amide bonds. The number of carbonyl (C=O) groups is 1. The van der Waals surface area contributed by atoms with Crippen LogP contribution in [-0.2, 0) is 4.74 Å². The Morgan fingerprint density at radius 1 is 1.23 bits per heavy atom. The molecule has 0 radical (unpaired) electrons. The summed E-state index contributed by atoms with van der Waals surface area (Å²) < 4.78 is 11.1. The SMILES string of the molecule is COCOc1cccc(O)c1C(=O)/C=C/c1ccc(Br)cc1. The number of rotatable bonds is 6. The molecule has 2 rings (SSSR count). The highest BCUT2D eigenvalue weighted by atomic mass is 79.9. The van der Waals surface area contributed by atoms with Crippen molar-refractivity contribution in [3.63, 3.8) is 0 Å². The Hall–Kier alpha value is -2.11. The Bertz CT molecular complexity index is 678. The van der Waals surface area contributed by atoms with Gasteiger partial charge in [-0.15, -0.1) is 0 Å². The van der Waals surface area contributed by atoms with Gasteiger partial charge in [0.05, 0.1) is 0 Å². The molecule has 0 spiro atoms. The van der Waals surface area contributed by atoms with E-state index in [1.807, 2.05) is 24.3 Å². The number of phenolic OH excluding ortho intramolecular Hbond substituents is 1. The van der Waals surface area contributed by atoms with Crippen molar-refractivity contribution in [2.45, 2.75) is 0 Å². The molecular weight excluding hydrogens is 348 g/mol. The summed E-state index contributed by atoms with van der Waals surface area (Å²) in [7, 11) is 1.48. The maximum atomic E-state index is 12.3. The quantitative estimate of drug-likeness (QED) is 0.478. The van der Waals surface area contributed by atoms with Gasteiger partial charge in [-0.1, -0.05) is 40.2 Å². The third-order valence-corrected chi connectivity index (χ3v) is 3.41. The number of halogens is 1. The van der Waals surface area contributed by atoms with Crippen LogP contribution in [0, 0.1) is 0 Å². The molecule has 22 heavy (non-hydrogen) atoms. The number of ketones is 1. The van der Waals surface area contributed by atoms with Crippen molar-refractivity contribution in [1.82, 2.24) is 0 Å². The molecule has 0 atom stereocenters. The second-order valence-electron chi connectivity index (χ2n) is 4.45. The van der Waals surface area contributed by atoms with Crippen LogP contribution in [0.4, 0.5) is 0 Å². The van der Waals surface area contributed by atoms with Gasteiger partial charge in [0, 0.05) is 11.6 Å². The summed E-state index contributed by atoms with van der Waals surface area (Å²) in [6.07, 6.45) is 3.08. The van der Waals surface area contributed by atoms with Crippen molar-refractivity contribution in [1.29, 1.82) is 0 Å². The predicted octanol–water partition coefficient (Wildman–Crippen LogP) is 4.03. The number of hydrogen-bond acceptors (Lipinski definition) is 4. The maximum Gasteiger partial charge on any atom is 0.193 e. The molecule has 0 saturated carbocycles. The zero-order valence-electron chi connectivity index (χ0n) is 12.0. The number of aromatic hydroxyl groups is 1. The van der Waals surface area contributed by atoms with Crippen molar-refractivity contribution in [3.05, 3.63) is 64.1 Å². The topological polar surface area (TPSA) is 55.8 Å². The zero-order valence-corrected chi connectivity index (χ0v) is 13.5. The van der Waals surface area contributed by atoms with Crippen LogP contribution < -0.4 is 4.74 Å². The number of allylic oxidation sites excluding steroid dienone is 1. The second kappa shape index (κ2) is 7.77. The molecule has 0 saturated heterocycles. The van der Waals surface area contributed by atoms with Crippen molar-refractivity contribution in [2.24, 2.45) is 0 Å². The van der Waals surface area contributed by atoms with Crippen LogP contribution in [0.5, 0.6) is 11.5 Å². The minimum absolute atomic E-state index is 0.000158. The predicted molar refractivity (Wildman–Crippen MR) is 88.1 cm³/mol. The van der Waals surface area contributed by atoms with Crippen LogP contribution >= 0.6 is 15.9 Å². The molecule has 4 nitrogen and oxygen atoms in total. The Kier molecular flexibility index (Phi) is 5.75. The van der Waals surface area contributed by atoms with E-state index in [9.17, 15) is 9.90 Å². The van der Waals surface area contributed by atoms with Gasteiger partial charge in [-0.25, -0.2) is 0 Å².